The summed E-state index contributed by atoms with van der Waals surface area (Å²) in [4.78, 5) is 14.6. The number of carbonyl (C=O) groups is 1. The third-order valence-electron chi connectivity index (χ3n) is 7.66. The molecular weight excluding hydrogens is 532 g/mol. The van der Waals surface area contributed by atoms with Gasteiger partial charge in [-0.05, 0) is 94.0 Å². The Bertz CT molecular complexity index is 1440. The van der Waals surface area contributed by atoms with E-state index in [9.17, 15) is 9.18 Å². The highest BCUT2D eigenvalue weighted by Crippen LogP contribution is 2.45. The van der Waals surface area contributed by atoms with Crippen molar-refractivity contribution in [2.24, 2.45) is 5.92 Å². The predicted molar refractivity (Wildman–Crippen MR) is 159 cm³/mol. The number of benzene rings is 3. The van der Waals surface area contributed by atoms with E-state index in [1.807, 2.05) is 30.3 Å². The second kappa shape index (κ2) is 12.1. The van der Waals surface area contributed by atoms with E-state index in [4.69, 9.17) is 27.9 Å². The molecule has 2 aliphatic rings. The molecule has 0 spiro atoms. The number of carbonyl (C=O) groups excluding carboxylic acids is 1. The Morgan fingerprint density at radius 3 is 2.49 bits per heavy atom. The smallest absolute Gasteiger partial charge is 0.337 e. The van der Waals surface area contributed by atoms with Gasteiger partial charge < -0.3 is 4.74 Å². The second-order valence-corrected chi connectivity index (χ2v) is 11.2. The molecule has 0 amide bonds. The van der Waals surface area contributed by atoms with Crippen LogP contribution in [-0.4, -0.2) is 44.3 Å². The Morgan fingerprint density at radius 1 is 1.05 bits per heavy atom. The molecular formula is C33H32Cl2FNO2. The largest absolute Gasteiger partial charge is 0.465 e. The molecule has 1 fully saturated rings. The van der Waals surface area contributed by atoms with Gasteiger partial charge in [-0.25, -0.2) is 4.79 Å². The Balaban J connectivity index is 1.59. The summed E-state index contributed by atoms with van der Waals surface area (Å²) < 4.78 is 17.4. The van der Waals surface area contributed by atoms with Gasteiger partial charge in [0.05, 0.1) is 19.3 Å². The van der Waals surface area contributed by atoms with Crippen molar-refractivity contribution in [3.63, 3.8) is 0 Å². The van der Waals surface area contributed by atoms with Gasteiger partial charge >= 0.3 is 5.97 Å². The number of hydrogen-bond donors (Lipinski definition) is 0. The fourth-order valence-corrected chi connectivity index (χ4v) is 6.17. The van der Waals surface area contributed by atoms with E-state index >= 15 is 0 Å². The summed E-state index contributed by atoms with van der Waals surface area (Å²) in [6.45, 7) is 4.59. The highest BCUT2D eigenvalue weighted by molar-refractivity contribution is 6.36. The number of fused-ring (bicyclic) bond motifs is 1. The fraction of sp³-hybridized carbons (Fsp3) is 0.303. The summed E-state index contributed by atoms with van der Waals surface area (Å²) in [6.07, 6.45) is 4.58. The van der Waals surface area contributed by atoms with Crippen LogP contribution in [-0.2, 0) is 11.2 Å². The van der Waals surface area contributed by atoms with E-state index in [-0.39, 0.29) is 18.6 Å². The highest BCUT2D eigenvalue weighted by atomic mass is 35.5. The average Bonchev–Trinajstić information content (AvgIpc) is 3.06. The van der Waals surface area contributed by atoms with E-state index in [2.05, 4.69) is 42.2 Å². The molecule has 3 aromatic carbocycles. The standard InChI is InChI=1S/C33H32Cl2FNO2/c1-21-4-7-25-17-26(33(38)39-2)10-12-28(25)32(31(21)29-13-11-27(34)18-30(29)35)24-8-5-22(6-9-24)16-23-19-37(20-23)15-3-14-36/h5-6,8-13,16-18,21H,3-4,7,14-15,19-20H2,1-2H3. The van der Waals surface area contributed by atoms with Crippen LogP contribution in [0.1, 0.15) is 57.9 Å². The van der Waals surface area contributed by atoms with Crippen LogP contribution < -0.4 is 0 Å². The van der Waals surface area contributed by atoms with Crippen molar-refractivity contribution in [1.82, 2.24) is 4.90 Å². The van der Waals surface area contributed by atoms with Gasteiger partial charge in [-0.15, -0.1) is 0 Å². The maximum Gasteiger partial charge on any atom is 0.337 e. The number of allylic oxidation sites excluding steroid dienone is 1. The molecule has 6 heteroatoms. The minimum atomic E-state index is -0.335. The first-order chi connectivity index (χ1) is 18.9. The molecule has 3 aromatic rings. The zero-order valence-electron chi connectivity index (χ0n) is 22.3. The Morgan fingerprint density at radius 2 is 1.79 bits per heavy atom. The molecule has 5 rings (SSSR count). The first-order valence-electron chi connectivity index (χ1n) is 13.4. The fourth-order valence-electron chi connectivity index (χ4n) is 5.66. The third-order valence-corrected chi connectivity index (χ3v) is 8.21. The van der Waals surface area contributed by atoms with Gasteiger partial charge in [-0.2, -0.15) is 0 Å². The van der Waals surface area contributed by atoms with E-state index in [0.717, 1.165) is 65.9 Å². The van der Waals surface area contributed by atoms with Gasteiger partial charge in [0.25, 0.3) is 0 Å². The molecule has 1 aliphatic carbocycles. The van der Waals surface area contributed by atoms with Gasteiger partial charge in [-0.3, -0.25) is 9.29 Å². The lowest BCUT2D eigenvalue weighted by Crippen LogP contribution is -2.40. The Kier molecular flexibility index (Phi) is 8.56. The molecule has 0 bridgehead atoms. The van der Waals surface area contributed by atoms with Crippen LogP contribution in [0.5, 0.6) is 0 Å². The lowest BCUT2D eigenvalue weighted by atomic mass is 9.83. The summed E-state index contributed by atoms with van der Waals surface area (Å²) in [6, 6.07) is 20.2. The topological polar surface area (TPSA) is 29.5 Å². The zero-order valence-corrected chi connectivity index (χ0v) is 23.8. The van der Waals surface area contributed by atoms with Gasteiger partial charge in [0.1, 0.15) is 0 Å². The number of alkyl halides is 1. The number of halogens is 3. The monoisotopic (exact) mass is 563 g/mol. The normalized spacial score (nSPS) is 17.4. The highest BCUT2D eigenvalue weighted by Gasteiger charge is 2.27. The Labute approximate surface area is 239 Å². The van der Waals surface area contributed by atoms with Crippen molar-refractivity contribution in [3.8, 4) is 0 Å². The van der Waals surface area contributed by atoms with Crippen molar-refractivity contribution in [2.45, 2.75) is 26.2 Å². The molecule has 39 heavy (non-hydrogen) atoms. The lowest BCUT2D eigenvalue weighted by molar-refractivity contribution is 0.0600. The third kappa shape index (κ3) is 5.99. The number of rotatable bonds is 7. The van der Waals surface area contributed by atoms with Crippen LogP contribution in [0, 0.1) is 5.92 Å². The van der Waals surface area contributed by atoms with E-state index in [1.54, 1.807) is 6.07 Å². The summed E-state index contributed by atoms with van der Waals surface area (Å²) in [7, 11) is 1.41. The maximum absolute atomic E-state index is 12.5. The van der Waals surface area contributed by atoms with E-state index in [1.165, 1.54) is 18.3 Å². The molecule has 1 heterocycles. The summed E-state index contributed by atoms with van der Waals surface area (Å²) in [5, 5.41) is 1.23. The van der Waals surface area contributed by atoms with Gasteiger partial charge in [-0.1, -0.05) is 72.6 Å². The average molecular weight is 565 g/mol. The predicted octanol–water partition coefficient (Wildman–Crippen LogP) is 8.38. The molecule has 1 atom stereocenters. The molecule has 0 aromatic heterocycles. The number of hydrogen-bond acceptors (Lipinski definition) is 3. The summed E-state index contributed by atoms with van der Waals surface area (Å²) in [5.41, 5.74) is 9.65. The van der Waals surface area contributed by atoms with Crippen LogP contribution in [0.15, 0.2) is 66.2 Å². The maximum atomic E-state index is 12.5. The molecule has 1 unspecified atom stereocenters. The van der Waals surface area contributed by atoms with Gasteiger partial charge in [0.15, 0.2) is 0 Å². The number of methoxy groups -OCH3 is 1. The first-order valence-corrected chi connectivity index (χ1v) is 14.1. The van der Waals surface area contributed by atoms with Crippen molar-refractivity contribution in [2.75, 3.05) is 33.4 Å². The van der Waals surface area contributed by atoms with Crippen molar-refractivity contribution in [3.05, 3.63) is 110 Å². The molecule has 0 radical (unpaired) electrons. The molecule has 1 saturated heterocycles. The van der Waals surface area contributed by atoms with Crippen molar-refractivity contribution < 1.29 is 13.9 Å². The quantitative estimate of drug-likeness (QED) is 0.270. The number of ether oxygens (including phenoxy) is 1. The molecule has 0 N–H and O–H groups in total. The lowest BCUT2D eigenvalue weighted by Gasteiger charge is -2.33. The number of likely N-dealkylation sites (tertiary alicyclic amines) is 1. The van der Waals surface area contributed by atoms with Crippen LogP contribution in [0.2, 0.25) is 10.0 Å². The summed E-state index contributed by atoms with van der Waals surface area (Å²) >= 11 is 13.0. The van der Waals surface area contributed by atoms with Gasteiger partial charge in [0, 0.05) is 29.7 Å². The van der Waals surface area contributed by atoms with Crippen molar-refractivity contribution in [1.29, 1.82) is 0 Å². The second-order valence-electron chi connectivity index (χ2n) is 10.4. The number of aryl methyl sites for hydroxylation is 1. The molecule has 3 nitrogen and oxygen atoms in total. The first kappa shape index (κ1) is 27.6. The Hall–Kier alpha value is -2.92. The van der Waals surface area contributed by atoms with Gasteiger partial charge in [0.2, 0.25) is 0 Å². The van der Waals surface area contributed by atoms with Crippen LogP contribution in [0.3, 0.4) is 0 Å². The van der Waals surface area contributed by atoms with E-state index in [0.29, 0.717) is 22.0 Å². The van der Waals surface area contributed by atoms with Crippen LogP contribution in [0.4, 0.5) is 4.39 Å². The summed E-state index contributed by atoms with van der Waals surface area (Å²) in [5.74, 6) is -0.113. The zero-order chi connectivity index (χ0) is 27.5. The van der Waals surface area contributed by atoms with Crippen LogP contribution in [0.25, 0.3) is 17.2 Å². The number of esters is 1. The SMILES string of the molecule is COC(=O)c1ccc2c(c1)CCC(C)C(c1ccc(Cl)cc1Cl)=C2c1ccc(C=C2CN(CCCF)C2)cc1. The van der Waals surface area contributed by atoms with Crippen LogP contribution >= 0.6 is 23.2 Å². The van der Waals surface area contributed by atoms with Crippen molar-refractivity contribution >= 4 is 46.4 Å². The molecule has 202 valence electrons. The molecule has 1 aliphatic heterocycles. The minimum Gasteiger partial charge on any atom is -0.465 e. The number of nitrogens with zero attached hydrogens (tertiary/aromatic N) is 1. The van der Waals surface area contributed by atoms with E-state index < -0.39 is 0 Å². The molecule has 0 saturated carbocycles. The minimum absolute atomic E-state index is 0.222.